The van der Waals surface area contributed by atoms with Gasteiger partial charge < -0.3 is 29.5 Å². The molecule has 2 aromatic heterocycles. The van der Waals surface area contributed by atoms with Crippen LogP contribution in [0.15, 0.2) is 47.4 Å². The Kier molecular flexibility index (Phi) is 9.66. The number of piperazine rings is 2. The predicted molar refractivity (Wildman–Crippen MR) is 151 cm³/mol. The number of nitrogens with zero attached hydrogens (tertiary/aromatic N) is 6. The van der Waals surface area contributed by atoms with Crippen LogP contribution in [0.25, 0.3) is 0 Å². The van der Waals surface area contributed by atoms with E-state index in [-0.39, 0.29) is 13.2 Å². The van der Waals surface area contributed by atoms with E-state index in [1.54, 1.807) is 22.7 Å². The second-order valence-corrected chi connectivity index (χ2v) is 11.4. The first-order chi connectivity index (χ1) is 18.6. The lowest BCUT2D eigenvalue weighted by molar-refractivity contribution is 0.0650. The van der Waals surface area contributed by atoms with Gasteiger partial charge in [-0.1, -0.05) is 0 Å². The summed E-state index contributed by atoms with van der Waals surface area (Å²) in [5, 5.41) is 27.0. The SMILES string of the molecule is O[C@H](COc1ccc(OC[C@@H](O)CN2CCN(c3nccs3)CC2)cc1)CN1CCN(c2nccs2)CC1. The molecule has 0 unspecified atom stereocenters. The molecule has 206 valence electrons. The summed E-state index contributed by atoms with van der Waals surface area (Å²) in [6, 6.07) is 7.33. The zero-order valence-electron chi connectivity index (χ0n) is 21.5. The van der Waals surface area contributed by atoms with Crippen LogP contribution in [0.5, 0.6) is 11.5 Å². The molecule has 12 heteroatoms. The number of aromatic nitrogens is 2. The molecule has 5 rings (SSSR count). The molecule has 2 atom stereocenters. The van der Waals surface area contributed by atoms with Gasteiger partial charge in [-0.25, -0.2) is 9.97 Å². The standard InChI is InChI=1S/C26H36N6O4S2/c33-21(17-29-7-11-31(12-8-29)25-27-5-15-37-25)19-35-23-1-2-24(4-3-23)36-20-22(34)18-30-9-13-32(14-10-30)26-28-6-16-38-26/h1-6,15-16,21-22,33-34H,7-14,17-20H2/t21-,22-/m0/s1. The summed E-state index contributed by atoms with van der Waals surface area (Å²) in [5.41, 5.74) is 0. The van der Waals surface area contributed by atoms with Crippen molar-refractivity contribution in [1.82, 2.24) is 19.8 Å². The molecule has 4 heterocycles. The monoisotopic (exact) mass is 560 g/mol. The van der Waals surface area contributed by atoms with Crippen LogP contribution in [-0.4, -0.2) is 121 Å². The molecule has 0 aliphatic carbocycles. The number of ether oxygens (including phenoxy) is 2. The minimum atomic E-state index is -0.559. The molecule has 38 heavy (non-hydrogen) atoms. The van der Waals surface area contributed by atoms with Crippen molar-refractivity contribution in [2.75, 3.05) is 88.5 Å². The Labute approximate surface area is 231 Å². The van der Waals surface area contributed by atoms with Gasteiger partial charge in [0, 0.05) is 88.6 Å². The first kappa shape index (κ1) is 27.1. The van der Waals surface area contributed by atoms with Crippen LogP contribution in [-0.2, 0) is 0 Å². The minimum Gasteiger partial charge on any atom is -0.491 e. The molecule has 2 saturated heterocycles. The number of hydrogen-bond acceptors (Lipinski definition) is 12. The second kappa shape index (κ2) is 13.5. The van der Waals surface area contributed by atoms with Gasteiger partial charge in [-0.15, -0.1) is 22.7 Å². The Morgan fingerprint density at radius 1 is 0.658 bits per heavy atom. The fraction of sp³-hybridized carbons (Fsp3) is 0.538. The number of β-amino-alcohol motifs (C(OH)–C–C–N with tert-alkyl or cyclic N) is 2. The Bertz CT molecular complexity index is 971. The third-order valence-electron chi connectivity index (χ3n) is 6.77. The van der Waals surface area contributed by atoms with Crippen molar-refractivity contribution in [2.24, 2.45) is 0 Å². The van der Waals surface area contributed by atoms with Gasteiger partial charge in [0.25, 0.3) is 0 Å². The molecular formula is C26H36N6O4S2. The highest BCUT2D eigenvalue weighted by atomic mass is 32.1. The van der Waals surface area contributed by atoms with E-state index in [2.05, 4.69) is 29.6 Å². The maximum atomic E-state index is 10.5. The van der Waals surface area contributed by atoms with Crippen molar-refractivity contribution in [3.63, 3.8) is 0 Å². The van der Waals surface area contributed by atoms with Crippen LogP contribution < -0.4 is 19.3 Å². The first-order valence-electron chi connectivity index (χ1n) is 13.1. The van der Waals surface area contributed by atoms with Crippen LogP contribution in [0.4, 0.5) is 10.3 Å². The molecule has 3 aromatic rings. The number of aliphatic hydroxyl groups excluding tert-OH is 2. The molecule has 0 amide bonds. The van der Waals surface area contributed by atoms with Crippen molar-refractivity contribution < 1.29 is 19.7 Å². The molecule has 2 N–H and O–H groups in total. The summed E-state index contributed by atoms with van der Waals surface area (Å²) in [4.78, 5) is 17.9. The van der Waals surface area contributed by atoms with E-state index in [1.165, 1.54) is 0 Å². The smallest absolute Gasteiger partial charge is 0.185 e. The van der Waals surface area contributed by atoms with Gasteiger partial charge in [0.1, 0.15) is 36.9 Å². The van der Waals surface area contributed by atoms with Crippen LogP contribution in [0.1, 0.15) is 0 Å². The van der Waals surface area contributed by atoms with Gasteiger partial charge >= 0.3 is 0 Å². The number of benzene rings is 1. The lowest BCUT2D eigenvalue weighted by Gasteiger charge is -2.35. The molecule has 0 saturated carbocycles. The number of aliphatic hydroxyl groups is 2. The highest BCUT2D eigenvalue weighted by Crippen LogP contribution is 2.21. The molecule has 0 radical (unpaired) electrons. The molecule has 10 nitrogen and oxygen atoms in total. The van der Waals surface area contributed by atoms with Crippen LogP contribution in [0.2, 0.25) is 0 Å². The number of rotatable bonds is 12. The quantitative estimate of drug-likeness (QED) is 0.341. The molecule has 2 aliphatic heterocycles. The maximum absolute atomic E-state index is 10.5. The van der Waals surface area contributed by atoms with Crippen molar-refractivity contribution in [2.45, 2.75) is 12.2 Å². The predicted octanol–water partition coefficient (Wildman–Crippen LogP) is 1.72. The fourth-order valence-corrected chi connectivity index (χ4v) is 6.10. The van der Waals surface area contributed by atoms with Crippen LogP contribution in [0, 0.1) is 0 Å². The lowest BCUT2D eigenvalue weighted by atomic mass is 10.2. The van der Waals surface area contributed by atoms with Gasteiger partial charge in [0.2, 0.25) is 0 Å². The third-order valence-corrected chi connectivity index (χ3v) is 8.44. The Morgan fingerprint density at radius 3 is 1.39 bits per heavy atom. The zero-order chi connectivity index (χ0) is 26.2. The van der Waals surface area contributed by atoms with Gasteiger partial charge in [-0.2, -0.15) is 0 Å². The summed E-state index contributed by atoms with van der Waals surface area (Å²) < 4.78 is 11.6. The van der Waals surface area contributed by atoms with E-state index in [1.807, 2.05) is 47.4 Å². The summed E-state index contributed by atoms with van der Waals surface area (Å²) in [7, 11) is 0. The Balaban J connectivity index is 0.951. The van der Waals surface area contributed by atoms with E-state index in [0.29, 0.717) is 24.6 Å². The Morgan fingerprint density at radius 2 is 1.05 bits per heavy atom. The van der Waals surface area contributed by atoms with E-state index in [0.717, 1.165) is 62.6 Å². The molecule has 2 aliphatic rings. The molecule has 2 fully saturated rings. The first-order valence-corrected chi connectivity index (χ1v) is 14.8. The third kappa shape index (κ3) is 7.78. The normalized spacial score (nSPS) is 18.9. The molecule has 0 bridgehead atoms. The molecule has 0 spiro atoms. The van der Waals surface area contributed by atoms with Crippen molar-refractivity contribution >= 4 is 32.9 Å². The fourth-order valence-electron chi connectivity index (χ4n) is 4.71. The van der Waals surface area contributed by atoms with Gasteiger partial charge in [0.15, 0.2) is 10.3 Å². The van der Waals surface area contributed by atoms with Gasteiger partial charge in [0.05, 0.1) is 0 Å². The summed E-state index contributed by atoms with van der Waals surface area (Å²) in [6.07, 6.45) is 2.56. The molecular weight excluding hydrogens is 524 g/mol. The lowest BCUT2D eigenvalue weighted by Crippen LogP contribution is -2.49. The van der Waals surface area contributed by atoms with Crippen molar-refractivity contribution in [1.29, 1.82) is 0 Å². The van der Waals surface area contributed by atoms with E-state index in [9.17, 15) is 10.2 Å². The largest absolute Gasteiger partial charge is 0.491 e. The Hall–Kier alpha value is -2.48. The van der Waals surface area contributed by atoms with Crippen LogP contribution >= 0.6 is 22.7 Å². The van der Waals surface area contributed by atoms with Crippen molar-refractivity contribution in [3.8, 4) is 11.5 Å². The number of anilines is 2. The van der Waals surface area contributed by atoms with Crippen molar-refractivity contribution in [3.05, 3.63) is 47.4 Å². The number of thiazole rings is 2. The minimum absolute atomic E-state index is 0.238. The van der Waals surface area contributed by atoms with Crippen LogP contribution in [0.3, 0.4) is 0 Å². The van der Waals surface area contributed by atoms with Gasteiger partial charge in [-0.3, -0.25) is 9.80 Å². The van der Waals surface area contributed by atoms with E-state index >= 15 is 0 Å². The molecule has 1 aromatic carbocycles. The number of hydrogen-bond donors (Lipinski definition) is 2. The van der Waals surface area contributed by atoms with E-state index in [4.69, 9.17) is 9.47 Å². The topological polar surface area (TPSA) is 97.7 Å². The van der Waals surface area contributed by atoms with E-state index < -0.39 is 12.2 Å². The average Bonchev–Trinajstić information content (AvgIpc) is 3.68. The average molecular weight is 561 g/mol. The maximum Gasteiger partial charge on any atom is 0.185 e. The summed E-state index contributed by atoms with van der Waals surface area (Å²) >= 11 is 3.33. The highest BCUT2D eigenvalue weighted by Gasteiger charge is 2.22. The summed E-state index contributed by atoms with van der Waals surface area (Å²) in [6.45, 7) is 8.92. The van der Waals surface area contributed by atoms with Gasteiger partial charge in [-0.05, 0) is 24.3 Å². The second-order valence-electron chi connectivity index (χ2n) is 9.61. The summed E-state index contributed by atoms with van der Waals surface area (Å²) in [5.74, 6) is 1.37. The highest BCUT2D eigenvalue weighted by molar-refractivity contribution is 7.13. The zero-order valence-corrected chi connectivity index (χ0v) is 23.1.